The number of benzene rings is 2. The Morgan fingerprint density at radius 3 is 2.53 bits per heavy atom. The van der Waals surface area contributed by atoms with Crippen LogP contribution in [-0.2, 0) is 10.0 Å². The molecule has 4 rings (SSSR count). The van der Waals surface area contributed by atoms with Gasteiger partial charge in [0.1, 0.15) is 11.9 Å². The molecule has 9 heteroatoms. The molecular weight excluding hydrogens is 450 g/mol. The van der Waals surface area contributed by atoms with Gasteiger partial charge in [-0.15, -0.1) is 0 Å². The van der Waals surface area contributed by atoms with Gasteiger partial charge in [0.05, 0.1) is 10.5 Å². The molecule has 3 aromatic rings. The first-order valence-corrected chi connectivity index (χ1v) is 12.4. The van der Waals surface area contributed by atoms with Crippen molar-refractivity contribution < 1.29 is 13.2 Å². The molecule has 1 fully saturated rings. The minimum absolute atomic E-state index is 0.172. The van der Waals surface area contributed by atoms with Gasteiger partial charge >= 0.3 is 0 Å². The zero-order chi connectivity index (χ0) is 24.3. The second-order valence-electron chi connectivity index (χ2n) is 8.22. The average Bonchev–Trinajstić information content (AvgIpc) is 2.85. The summed E-state index contributed by atoms with van der Waals surface area (Å²) in [6.45, 7) is 5.63. The van der Waals surface area contributed by atoms with E-state index in [0.29, 0.717) is 54.4 Å². The third-order valence-electron chi connectivity index (χ3n) is 5.77. The zero-order valence-corrected chi connectivity index (χ0v) is 19.8. The number of aryl methyl sites for hydroxylation is 2. The van der Waals surface area contributed by atoms with Crippen molar-refractivity contribution in [3.8, 4) is 6.07 Å². The molecular formula is C25H25N5O3S. The maximum absolute atomic E-state index is 13.1. The van der Waals surface area contributed by atoms with Crippen LogP contribution in [0.1, 0.15) is 27.0 Å². The van der Waals surface area contributed by atoms with Gasteiger partial charge in [0.2, 0.25) is 0 Å². The number of amides is 1. The molecule has 0 spiro atoms. The highest BCUT2D eigenvalue weighted by Crippen LogP contribution is 2.23. The normalized spacial score (nSPS) is 13.9. The van der Waals surface area contributed by atoms with Crippen LogP contribution in [0.3, 0.4) is 0 Å². The monoisotopic (exact) mass is 475 g/mol. The van der Waals surface area contributed by atoms with Crippen molar-refractivity contribution in [2.45, 2.75) is 18.7 Å². The van der Waals surface area contributed by atoms with Crippen molar-refractivity contribution in [1.29, 1.82) is 5.26 Å². The molecule has 1 N–H and O–H groups in total. The Labute approximate surface area is 199 Å². The SMILES string of the molecule is Cc1ccc(C)c(S(=O)(=O)Nc2cccc(C(=O)N3CCN(c4ncccc4C#N)CC3)c2)c1. The van der Waals surface area contributed by atoms with E-state index < -0.39 is 10.0 Å². The van der Waals surface area contributed by atoms with Crippen LogP contribution >= 0.6 is 0 Å². The number of nitriles is 1. The van der Waals surface area contributed by atoms with Crippen LogP contribution < -0.4 is 9.62 Å². The van der Waals surface area contributed by atoms with Gasteiger partial charge in [-0.05, 0) is 61.4 Å². The van der Waals surface area contributed by atoms with Gasteiger partial charge in [-0.1, -0.05) is 18.2 Å². The number of rotatable bonds is 5. The summed E-state index contributed by atoms with van der Waals surface area (Å²) in [5.41, 5.74) is 2.74. The van der Waals surface area contributed by atoms with Crippen molar-refractivity contribution in [3.05, 3.63) is 83.0 Å². The molecule has 1 aliphatic rings. The van der Waals surface area contributed by atoms with E-state index in [2.05, 4.69) is 15.8 Å². The lowest BCUT2D eigenvalue weighted by Crippen LogP contribution is -2.49. The fourth-order valence-corrected chi connectivity index (χ4v) is 5.34. The van der Waals surface area contributed by atoms with Gasteiger partial charge < -0.3 is 9.80 Å². The largest absolute Gasteiger partial charge is 0.352 e. The summed E-state index contributed by atoms with van der Waals surface area (Å²) in [5.74, 6) is 0.453. The number of anilines is 2. The summed E-state index contributed by atoms with van der Waals surface area (Å²) < 4.78 is 28.5. The summed E-state index contributed by atoms with van der Waals surface area (Å²) in [4.78, 5) is 21.4. The number of sulfonamides is 1. The van der Waals surface area contributed by atoms with Crippen molar-refractivity contribution >= 4 is 27.4 Å². The lowest BCUT2D eigenvalue weighted by atomic mass is 10.1. The Bertz CT molecular complexity index is 1370. The minimum atomic E-state index is -3.79. The van der Waals surface area contributed by atoms with Crippen molar-refractivity contribution in [1.82, 2.24) is 9.88 Å². The predicted octanol–water partition coefficient (Wildman–Crippen LogP) is 3.33. The fraction of sp³-hybridized carbons (Fsp3) is 0.240. The second kappa shape index (κ2) is 9.53. The molecule has 2 heterocycles. The summed E-state index contributed by atoms with van der Waals surface area (Å²) in [6, 6.07) is 17.4. The van der Waals surface area contributed by atoms with E-state index in [1.807, 2.05) is 17.9 Å². The minimum Gasteiger partial charge on any atom is -0.352 e. The maximum atomic E-state index is 13.1. The number of piperazine rings is 1. The third-order valence-corrected chi connectivity index (χ3v) is 7.29. The summed E-state index contributed by atoms with van der Waals surface area (Å²) in [5, 5.41) is 9.32. The van der Waals surface area contributed by atoms with Gasteiger partial charge in [0.25, 0.3) is 15.9 Å². The molecule has 0 unspecified atom stereocenters. The van der Waals surface area contributed by atoms with Crippen LogP contribution in [-0.4, -0.2) is 50.4 Å². The van der Waals surface area contributed by atoms with E-state index in [4.69, 9.17) is 0 Å². The number of aromatic nitrogens is 1. The first-order chi connectivity index (χ1) is 16.3. The van der Waals surface area contributed by atoms with E-state index in [0.717, 1.165) is 5.56 Å². The van der Waals surface area contributed by atoms with Gasteiger partial charge in [-0.25, -0.2) is 13.4 Å². The van der Waals surface area contributed by atoms with Gasteiger partial charge in [0, 0.05) is 43.6 Å². The molecule has 0 atom stereocenters. The molecule has 1 aliphatic heterocycles. The predicted molar refractivity (Wildman–Crippen MR) is 130 cm³/mol. The number of carbonyl (C=O) groups excluding carboxylic acids is 1. The number of carbonyl (C=O) groups is 1. The Kier molecular flexibility index (Phi) is 6.52. The van der Waals surface area contributed by atoms with Crippen LogP contribution in [0.5, 0.6) is 0 Å². The van der Waals surface area contributed by atoms with E-state index in [9.17, 15) is 18.5 Å². The molecule has 2 aromatic carbocycles. The Balaban J connectivity index is 1.46. The van der Waals surface area contributed by atoms with Crippen LogP contribution in [0.15, 0.2) is 65.7 Å². The van der Waals surface area contributed by atoms with Crippen LogP contribution in [0.4, 0.5) is 11.5 Å². The molecule has 1 amide bonds. The number of hydrogen-bond donors (Lipinski definition) is 1. The quantitative estimate of drug-likeness (QED) is 0.607. The smallest absolute Gasteiger partial charge is 0.262 e. The summed E-state index contributed by atoms with van der Waals surface area (Å²) in [7, 11) is -3.79. The summed E-state index contributed by atoms with van der Waals surface area (Å²) >= 11 is 0. The first-order valence-electron chi connectivity index (χ1n) is 10.9. The lowest BCUT2D eigenvalue weighted by Gasteiger charge is -2.35. The zero-order valence-electron chi connectivity index (χ0n) is 19.0. The van der Waals surface area contributed by atoms with Crippen molar-refractivity contribution in [2.24, 2.45) is 0 Å². The topological polar surface area (TPSA) is 106 Å². The highest BCUT2D eigenvalue weighted by Gasteiger charge is 2.25. The molecule has 0 radical (unpaired) electrons. The highest BCUT2D eigenvalue weighted by molar-refractivity contribution is 7.92. The molecule has 0 saturated carbocycles. The Hall–Kier alpha value is -3.90. The molecule has 0 aliphatic carbocycles. The average molecular weight is 476 g/mol. The highest BCUT2D eigenvalue weighted by atomic mass is 32.2. The summed E-state index contributed by atoms with van der Waals surface area (Å²) in [6.07, 6.45) is 1.65. The molecule has 1 saturated heterocycles. The van der Waals surface area contributed by atoms with Crippen LogP contribution in [0.2, 0.25) is 0 Å². The van der Waals surface area contributed by atoms with E-state index in [1.54, 1.807) is 66.6 Å². The molecule has 174 valence electrons. The standard InChI is InChI=1S/C25H25N5O3S/c1-18-8-9-19(2)23(15-18)34(32,33)28-22-7-3-5-20(16-22)25(31)30-13-11-29(12-14-30)24-21(17-26)6-4-10-27-24/h3-10,15-16,28H,11-14H2,1-2H3. The van der Waals surface area contributed by atoms with E-state index in [-0.39, 0.29) is 10.8 Å². The second-order valence-corrected chi connectivity index (χ2v) is 9.87. The molecule has 34 heavy (non-hydrogen) atoms. The number of nitrogens with one attached hydrogen (secondary N) is 1. The lowest BCUT2D eigenvalue weighted by molar-refractivity contribution is 0.0746. The number of nitrogens with zero attached hydrogens (tertiary/aromatic N) is 4. The van der Waals surface area contributed by atoms with Crippen molar-refractivity contribution in [2.75, 3.05) is 35.8 Å². The van der Waals surface area contributed by atoms with Gasteiger partial charge in [-0.3, -0.25) is 9.52 Å². The molecule has 0 bridgehead atoms. The van der Waals surface area contributed by atoms with E-state index >= 15 is 0 Å². The first kappa shape index (κ1) is 23.3. The third kappa shape index (κ3) is 4.87. The Morgan fingerprint density at radius 2 is 1.79 bits per heavy atom. The van der Waals surface area contributed by atoms with Gasteiger partial charge in [-0.2, -0.15) is 5.26 Å². The molecule has 8 nitrogen and oxygen atoms in total. The van der Waals surface area contributed by atoms with Gasteiger partial charge in [0.15, 0.2) is 0 Å². The number of hydrogen-bond acceptors (Lipinski definition) is 6. The fourth-order valence-electron chi connectivity index (χ4n) is 3.96. The van der Waals surface area contributed by atoms with Crippen LogP contribution in [0.25, 0.3) is 0 Å². The number of pyridine rings is 1. The van der Waals surface area contributed by atoms with Crippen molar-refractivity contribution in [3.63, 3.8) is 0 Å². The molecule has 1 aromatic heterocycles. The Morgan fingerprint density at radius 1 is 1.03 bits per heavy atom. The van der Waals surface area contributed by atoms with E-state index in [1.165, 1.54) is 0 Å². The maximum Gasteiger partial charge on any atom is 0.262 e. The van der Waals surface area contributed by atoms with Crippen LogP contribution in [0, 0.1) is 25.2 Å².